The fraction of sp³-hybridized carbons (Fsp3) is 0.300. The van der Waals surface area contributed by atoms with Gasteiger partial charge in [0.15, 0.2) is 0 Å². The van der Waals surface area contributed by atoms with Crippen LogP contribution in [0.4, 0.5) is 18.9 Å². The molecule has 0 unspecified atom stereocenters. The van der Waals surface area contributed by atoms with Crippen molar-refractivity contribution < 1.29 is 13.2 Å². The van der Waals surface area contributed by atoms with Crippen LogP contribution in [0.3, 0.4) is 0 Å². The fourth-order valence-corrected chi connectivity index (χ4v) is 1.78. The van der Waals surface area contributed by atoms with Crippen molar-refractivity contribution in [2.24, 2.45) is 0 Å². The maximum Gasteiger partial charge on any atom is 0.418 e. The van der Waals surface area contributed by atoms with E-state index in [0.29, 0.717) is 0 Å². The third-order valence-corrected chi connectivity index (χ3v) is 2.42. The van der Waals surface area contributed by atoms with Gasteiger partial charge in [0, 0.05) is 11.6 Å². The van der Waals surface area contributed by atoms with Crippen LogP contribution >= 0.6 is 23.2 Å². The lowest BCUT2D eigenvalue weighted by molar-refractivity contribution is -0.136. The van der Waals surface area contributed by atoms with Gasteiger partial charge in [0.2, 0.25) is 0 Å². The maximum absolute atomic E-state index is 12.7. The van der Waals surface area contributed by atoms with Crippen molar-refractivity contribution in [3.63, 3.8) is 0 Å². The van der Waals surface area contributed by atoms with E-state index in [1.807, 2.05) is 6.07 Å². The first kappa shape index (κ1) is 13.9. The van der Waals surface area contributed by atoms with Crippen molar-refractivity contribution in [3.8, 4) is 6.07 Å². The second kappa shape index (κ2) is 5.48. The molecule has 17 heavy (non-hydrogen) atoms. The van der Waals surface area contributed by atoms with E-state index < -0.39 is 11.7 Å². The minimum atomic E-state index is -4.55. The molecular formula is C10H7Cl2F3N2. The lowest BCUT2D eigenvalue weighted by atomic mass is 10.1. The second-order valence-corrected chi connectivity index (χ2v) is 3.99. The average molecular weight is 283 g/mol. The summed E-state index contributed by atoms with van der Waals surface area (Å²) in [5, 5.41) is 10.6. The Morgan fingerprint density at radius 2 is 1.94 bits per heavy atom. The smallest absolute Gasteiger partial charge is 0.382 e. The highest BCUT2D eigenvalue weighted by molar-refractivity contribution is 6.36. The van der Waals surface area contributed by atoms with Gasteiger partial charge < -0.3 is 5.32 Å². The Bertz CT molecular complexity index is 452. The van der Waals surface area contributed by atoms with E-state index in [-0.39, 0.29) is 28.7 Å². The maximum atomic E-state index is 12.7. The highest BCUT2D eigenvalue weighted by atomic mass is 35.5. The van der Waals surface area contributed by atoms with Crippen LogP contribution in [0.5, 0.6) is 0 Å². The minimum Gasteiger partial charge on any atom is -0.382 e. The van der Waals surface area contributed by atoms with Crippen molar-refractivity contribution in [1.82, 2.24) is 0 Å². The van der Waals surface area contributed by atoms with Gasteiger partial charge in [-0.2, -0.15) is 18.4 Å². The molecule has 1 aromatic rings. The van der Waals surface area contributed by atoms with Crippen molar-refractivity contribution >= 4 is 28.9 Å². The van der Waals surface area contributed by atoms with Crippen molar-refractivity contribution in [2.75, 3.05) is 11.9 Å². The number of rotatable bonds is 3. The van der Waals surface area contributed by atoms with Crippen LogP contribution in [0.15, 0.2) is 12.1 Å². The first-order chi connectivity index (χ1) is 7.86. The zero-order chi connectivity index (χ0) is 13.1. The molecule has 0 saturated heterocycles. The Balaban J connectivity index is 3.13. The van der Waals surface area contributed by atoms with Gasteiger partial charge in [-0.1, -0.05) is 23.2 Å². The number of nitrogens with zero attached hydrogens (tertiary/aromatic N) is 1. The van der Waals surface area contributed by atoms with E-state index in [1.54, 1.807) is 0 Å². The van der Waals surface area contributed by atoms with Crippen molar-refractivity contribution in [3.05, 3.63) is 27.7 Å². The number of hydrogen-bond donors (Lipinski definition) is 1. The fourth-order valence-electron chi connectivity index (χ4n) is 1.22. The summed E-state index contributed by atoms with van der Waals surface area (Å²) in [6, 6.07) is 3.82. The molecule has 0 fully saturated rings. The number of nitrogens with one attached hydrogen (secondary N) is 1. The van der Waals surface area contributed by atoms with E-state index >= 15 is 0 Å². The summed E-state index contributed by atoms with van der Waals surface area (Å²) >= 11 is 11.2. The predicted molar refractivity (Wildman–Crippen MR) is 60.2 cm³/mol. The third kappa shape index (κ3) is 3.69. The molecule has 0 radical (unpaired) electrons. The van der Waals surface area contributed by atoms with Crippen LogP contribution in [-0.4, -0.2) is 6.54 Å². The zero-order valence-electron chi connectivity index (χ0n) is 8.41. The number of benzene rings is 1. The molecule has 0 spiro atoms. The number of nitriles is 1. The third-order valence-electron chi connectivity index (χ3n) is 1.90. The SMILES string of the molecule is N#CCCNc1c(Cl)cc(Cl)cc1C(F)(F)F. The van der Waals surface area contributed by atoms with Crippen LogP contribution in [0, 0.1) is 11.3 Å². The molecule has 0 saturated carbocycles. The van der Waals surface area contributed by atoms with E-state index in [2.05, 4.69) is 5.32 Å². The molecule has 2 nitrogen and oxygen atoms in total. The largest absolute Gasteiger partial charge is 0.418 e. The number of alkyl halides is 3. The zero-order valence-corrected chi connectivity index (χ0v) is 9.92. The van der Waals surface area contributed by atoms with E-state index in [1.165, 1.54) is 6.07 Å². The summed E-state index contributed by atoms with van der Waals surface area (Å²) in [5.41, 5.74) is -1.19. The summed E-state index contributed by atoms with van der Waals surface area (Å²) in [5.74, 6) is 0. The van der Waals surface area contributed by atoms with Gasteiger partial charge in [-0.3, -0.25) is 0 Å². The van der Waals surface area contributed by atoms with Gasteiger partial charge in [-0.25, -0.2) is 0 Å². The van der Waals surface area contributed by atoms with Crippen LogP contribution in [0.1, 0.15) is 12.0 Å². The normalized spacial score (nSPS) is 11.1. The Kier molecular flexibility index (Phi) is 4.49. The number of halogens is 5. The molecule has 0 atom stereocenters. The first-order valence-corrected chi connectivity index (χ1v) is 5.29. The molecule has 1 rings (SSSR count). The molecule has 0 aliphatic carbocycles. The highest BCUT2D eigenvalue weighted by Gasteiger charge is 2.34. The van der Waals surface area contributed by atoms with Gasteiger partial charge >= 0.3 is 6.18 Å². The summed E-state index contributed by atoms with van der Waals surface area (Å²) < 4.78 is 38.1. The molecular weight excluding hydrogens is 276 g/mol. The highest BCUT2D eigenvalue weighted by Crippen LogP contribution is 2.40. The summed E-state index contributed by atoms with van der Waals surface area (Å²) in [7, 11) is 0. The first-order valence-electron chi connectivity index (χ1n) is 4.53. The summed E-state index contributed by atoms with van der Waals surface area (Å²) in [6.07, 6.45) is -4.47. The topological polar surface area (TPSA) is 35.8 Å². The summed E-state index contributed by atoms with van der Waals surface area (Å²) in [6.45, 7) is 0.0843. The standard InChI is InChI=1S/C10H7Cl2F3N2/c11-6-4-7(10(13,14)15)9(8(12)5-6)17-3-1-2-16/h4-5,17H,1,3H2. The van der Waals surface area contributed by atoms with Gasteiger partial charge in [0.1, 0.15) is 0 Å². The Morgan fingerprint density at radius 3 is 2.47 bits per heavy atom. The Labute approximate surface area is 106 Å². The van der Waals surface area contributed by atoms with E-state index in [9.17, 15) is 13.2 Å². The van der Waals surface area contributed by atoms with E-state index in [0.717, 1.165) is 6.07 Å². The molecule has 0 amide bonds. The lowest BCUT2D eigenvalue weighted by Crippen LogP contribution is -2.12. The molecule has 1 N–H and O–H groups in total. The lowest BCUT2D eigenvalue weighted by Gasteiger charge is -2.15. The molecule has 7 heteroatoms. The molecule has 0 bridgehead atoms. The number of hydrogen-bond acceptors (Lipinski definition) is 2. The van der Waals surface area contributed by atoms with Crippen LogP contribution in [0.2, 0.25) is 10.0 Å². The van der Waals surface area contributed by atoms with Gasteiger partial charge in [0.25, 0.3) is 0 Å². The van der Waals surface area contributed by atoms with Crippen LogP contribution in [-0.2, 0) is 6.18 Å². The monoisotopic (exact) mass is 282 g/mol. The molecule has 0 aliphatic heterocycles. The molecule has 0 heterocycles. The van der Waals surface area contributed by atoms with Gasteiger partial charge in [0.05, 0.1) is 28.8 Å². The summed E-state index contributed by atoms with van der Waals surface area (Å²) in [4.78, 5) is 0. The molecule has 92 valence electrons. The van der Waals surface area contributed by atoms with Crippen LogP contribution < -0.4 is 5.32 Å². The van der Waals surface area contributed by atoms with Crippen molar-refractivity contribution in [1.29, 1.82) is 5.26 Å². The predicted octanol–water partition coefficient (Wildman–Crippen LogP) is 4.34. The van der Waals surface area contributed by atoms with Crippen LogP contribution in [0.25, 0.3) is 0 Å². The number of anilines is 1. The Morgan fingerprint density at radius 1 is 1.29 bits per heavy atom. The molecule has 0 aliphatic rings. The van der Waals surface area contributed by atoms with Gasteiger partial charge in [-0.15, -0.1) is 0 Å². The Hall–Kier alpha value is -1.12. The minimum absolute atomic E-state index is 0.0796. The second-order valence-electron chi connectivity index (χ2n) is 3.14. The average Bonchev–Trinajstić information content (AvgIpc) is 2.19. The van der Waals surface area contributed by atoms with E-state index in [4.69, 9.17) is 28.5 Å². The molecule has 1 aromatic carbocycles. The van der Waals surface area contributed by atoms with Gasteiger partial charge in [-0.05, 0) is 12.1 Å². The van der Waals surface area contributed by atoms with Crippen molar-refractivity contribution in [2.45, 2.75) is 12.6 Å². The molecule has 0 aromatic heterocycles. The quantitative estimate of drug-likeness (QED) is 0.838.